The number of amides is 3. The van der Waals surface area contributed by atoms with Crippen LogP contribution in [0.1, 0.15) is 52.7 Å². The topological polar surface area (TPSA) is 135 Å². The normalized spacial score (nSPS) is 15.4. The van der Waals surface area contributed by atoms with Crippen molar-refractivity contribution >= 4 is 23.7 Å². The maximum Gasteiger partial charge on any atom is 0.410 e. The number of ketones is 1. The number of Topliss-reactive ketones (excluding diaryl/α,β-unsaturated/α-hetero) is 1. The van der Waals surface area contributed by atoms with Crippen molar-refractivity contribution in [2.45, 2.75) is 52.3 Å². The minimum atomic E-state index is -0.952. The SMILES string of the molecule is Cc1cccc(Cc2nnc(C(=O)[C@@H](NC(=O)CN3C(=O)CN(C(=O)OCc4ccccc4)C[C@H]3Cc3ccccc3)C(C)C)o2)c1. The largest absolute Gasteiger partial charge is 0.445 e. The molecule has 1 fully saturated rings. The van der Waals surface area contributed by atoms with Gasteiger partial charge in [-0.1, -0.05) is 104 Å². The number of rotatable bonds is 12. The van der Waals surface area contributed by atoms with Crippen LogP contribution in [-0.2, 0) is 33.8 Å². The molecule has 11 nitrogen and oxygen atoms in total. The van der Waals surface area contributed by atoms with Crippen molar-refractivity contribution in [3.63, 3.8) is 0 Å². The molecule has 1 N–H and O–H groups in total. The van der Waals surface area contributed by atoms with Gasteiger partial charge in [0.15, 0.2) is 0 Å². The minimum Gasteiger partial charge on any atom is -0.445 e. The molecule has 244 valence electrons. The maximum atomic E-state index is 13.5. The highest BCUT2D eigenvalue weighted by Gasteiger charge is 2.37. The van der Waals surface area contributed by atoms with E-state index in [2.05, 4.69) is 15.5 Å². The van der Waals surface area contributed by atoms with Crippen molar-refractivity contribution in [1.82, 2.24) is 25.3 Å². The number of hydrogen-bond acceptors (Lipinski definition) is 8. The molecule has 11 heteroatoms. The van der Waals surface area contributed by atoms with Gasteiger partial charge in [0.25, 0.3) is 5.89 Å². The van der Waals surface area contributed by atoms with E-state index in [9.17, 15) is 19.2 Å². The van der Waals surface area contributed by atoms with Gasteiger partial charge < -0.3 is 19.4 Å². The van der Waals surface area contributed by atoms with Gasteiger partial charge in [-0.05, 0) is 36.0 Å². The Balaban J connectivity index is 1.25. The summed E-state index contributed by atoms with van der Waals surface area (Å²) in [7, 11) is 0. The lowest BCUT2D eigenvalue weighted by Crippen LogP contribution is -2.61. The van der Waals surface area contributed by atoms with Crippen LogP contribution in [0.5, 0.6) is 0 Å². The average molecular weight is 638 g/mol. The van der Waals surface area contributed by atoms with Crippen LogP contribution in [0.2, 0.25) is 0 Å². The number of benzene rings is 3. The Labute approximate surface area is 273 Å². The van der Waals surface area contributed by atoms with Crippen molar-refractivity contribution in [2.75, 3.05) is 19.6 Å². The zero-order valence-corrected chi connectivity index (χ0v) is 26.8. The molecular formula is C36H39N5O6. The van der Waals surface area contributed by atoms with Crippen molar-refractivity contribution < 1.29 is 28.3 Å². The highest BCUT2D eigenvalue weighted by molar-refractivity contribution is 5.99. The molecule has 2 heterocycles. The molecular weight excluding hydrogens is 598 g/mol. The second kappa shape index (κ2) is 15.3. The van der Waals surface area contributed by atoms with Crippen molar-refractivity contribution in [2.24, 2.45) is 5.92 Å². The summed E-state index contributed by atoms with van der Waals surface area (Å²) in [5, 5.41) is 10.8. The average Bonchev–Trinajstić information content (AvgIpc) is 3.53. The van der Waals surface area contributed by atoms with E-state index in [1.165, 1.54) is 9.80 Å². The smallest absolute Gasteiger partial charge is 0.410 e. The monoisotopic (exact) mass is 637 g/mol. The third-order valence-corrected chi connectivity index (χ3v) is 7.99. The predicted molar refractivity (Wildman–Crippen MR) is 173 cm³/mol. The standard InChI is InChI=1S/C36H39N5O6/c1-24(2)33(34(44)35-39-38-31(47-35)19-28-16-10-11-25(3)17-28)37-30(42)21-41-29(18-26-12-6-4-7-13-26)20-40(22-32(41)43)36(45)46-23-27-14-8-5-9-15-27/h4-17,24,29,33H,18-23H2,1-3H3,(H,37,42)/t29-,33+/m1/s1. The van der Waals surface area contributed by atoms with E-state index in [0.717, 1.165) is 22.3 Å². The first-order chi connectivity index (χ1) is 22.7. The number of aryl methyl sites for hydroxylation is 1. The highest BCUT2D eigenvalue weighted by Crippen LogP contribution is 2.19. The summed E-state index contributed by atoms with van der Waals surface area (Å²) in [4.78, 5) is 56.2. The number of ether oxygens (including phenoxy) is 1. The van der Waals surface area contributed by atoms with Crippen LogP contribution >= 0.6 is 0 Å². The molecule has 0 radical (unpaired) electrons. The van der Waals surface area contributed by atoms with Crippen LogP contribution in [0, 0.1) is 12.8 Å². The number of carbonyl (C=O) groups is 4. The molecule has 2 atom stereocenters. The van der Waals surface area contributed by atoms with Crippen LogP contribution < -0.4 is 5.32 Å². The Morgan fingerprint density at radius 2 is 1.62 bits per heavy atom. The lowest BCUT2D eigenvalue weighted by molar-refractivity contribution is -0.143. The second-order valence-corrected chi connectivity index (χ2v) is 12.1. The number of aromatic nitrogens is 2. The predicted octanol–water partition coefficient (Wildman–Crippen LogP) is 4.38. The zero-order valence-electron chi connectivity index (χ0n) is 26.8. The van der Waals surface area contributed by atoms with Crippen LogP contribution in [0.4, 0.5) is 4.79 Å². The van der Waals surface area contributed by atoms with E-state index < -0.39 is 35.8 Å². The van der Waals surface area contributed by atoms with Gasteiger partial charge in [0.1, 0.15) is 13.2 Å². The Bertz CT molecular complexity index is 1690. The lowest BCUT2D eigenvalue weighted by atomic mass is 9.99. The van der Waals surface area contributed by atoms with Crippen molar-refractivity contribution in [3.8, 4) is 0 Å². The molecule has 5 rings (SSSR count). The second-order valence-electron chi connectivity index (χ2n) is 12.1. The lowest BCUT2D eigenvalue weighted by Gasteiger charge is -2.40. The van der Waals surface area contributed by atoms with E-state index >= 15 is 0 Å². The molecule has 3 amide bonds. The zero-order chi connectivity index (χ0) is 33.3. The molecule has 1 aromatic heterocycles. The molecule has 1 saturated heterocycles. The van der Waals surface area contributed by atoms with Gasteiger partial charge in [-0.15, -0.1) is 10.2 Å². The summed E-state index contributed by atoms with van der Waals surface area (Å²) in [6, 6.07) is 25.3. The highest BCUT2D eigenvalue weighted by atomic mass is 16.6. The fourth-order valence-electron chi connectivity index (χ4n) is 5.57. The summed E-state index contributed by atoms with van der Waals surface area (Å²) in [6.45, 7) is 5.33. The van der Waals surface area contributed by atoms with E-state index in [4.69, 9.17) is 9.15 Å². The first-order valence-corrected chi connectivity index (χ1v) is 15.7. The molecule has 0 aliphatic carbocycles. The molecule has 0 bridgehead atoms. The van der Waals surface area contributed by atoms with Crippen LogP contribution in [0.3, 0.4) is 0 Å². The fourth-order valence-corrected chi connectivity index (χ4v) is 5.57. The van der Waals surface area contributed by atoms with Gasteiger partial charge in [-0.3, -0.25) is 19.3 Å². The van der Waals surface area contributed by atoms with Crippen LogP contribution in [0.25, 0.3) is 0 Å². The summed E-state index contributed by atoms with van der Waals surface area (Å²) >= 11 is 0. The fraction of sp³-hybridized carbons (Fsp3) is 0.333. The number of nitrogens with zero attached hydrogens (tertiary/aromatic N) is 4. The van der Waals surface area contributed by atoms with Crippen LogP contribution in [-0.4, -0.2) is 75.4 Å². The Hall–Kier alpha value is -5.32. The maximum absolute atomic E-state index is 13.5. The first-order valence-electron chi connectivity index (χ1n) is 15.7. The number of hydrogen-bond donors (Lipinski definition) is 1. The molecule has 4 aromatic rings. The van der Waals surface area contributed by atoms with Crippen molar-refractivity contribution in [1.29, 1.82) is 0 Å². The van der Waals surface area contributed by atoms with Crippen LogP contribution in [0.15, 0.2) is 89.3 Å². The molecule has 0 saturated carbocycles. The summed E-state index contributed by atoms with van der Waals surface area (Å²) in [6.07, 6.45) is 0.189. The van der Waals surface area contributed by atoms with E-state index in [1.807, 2.05) is 91.9 Å². The third kappa shape index (κ3) is 8.90. The van der Waals surface area contributed by atoms with Gasteiger partial charge in [-0.25, -0.2) is 4.79 Å². The molecule has 3 aromatic carbocycles. The van der Waals surface area contributed by atoms with E-state index in [0.29, 0.717) is 18.7 Å². The van der Waals surface area contributed by atoms with Crippen molar-refractivity contribution in [3.05, 3.63) is 119 Å². The third-order valence-electron chi connectivity index (χ3n) is 7.99. The first kappa shape index (κ1) is 33.1. The number of piperazine rings is 1. The molecule has 1 aliphatic rings. The molecule has 1 aliphatic heterocycles. The van der Waals surface area contributed by atoms with Gasteiger partial charge in [-0.2, -0.15) is 0 Å². The molecule has 0 spiro atoms. The summed E-state index contributed by atoms with van der Waals surface area (Å²) in [5.41, 5.74) is 3.85. The summed E-state index contributed by atoms with van der Waals surface area (Å²) < 4.78 is 11.2. The Morgan fingerprint density at radius 3 is 2.30 bits per heavy atom. The van der Waals surface area contributed by atoms with E-state index in [-0.39, 0.29) is 38.0 Å². The van der Waals surface area contributed by atoms with Gasteiger partial charge in [0.2, 0.25) is 23.5 Å². The quantitative estimate of drug-likeness (QED) is 0.226. The minimum absolute atomic E-state index is 0.0813. The number of nitrogens with one attached hydrogen (secondary N) is 1. The summed E-state index contributed by atoms with van der Waals surface area (Å²) in [5.74, 6) is -1.60. The van der Waals surface area contributed by atoms with E-state index in [1.54, 1.807) is 13.8 Å². The Kier molecular flexibility index (Phi) is 10.8. The van der Waals surface area contributed by atoms with Gasteiger partial charge in [0, 0.05) is 6.54 Å². The van der Waals surface area contributed by atoms with Gasteiger partial charge >= 0.3 is 6.09 Å². The van der Waals surface area contributed by atoms with Gasteiger partial charge in [0.05, 0.1) is 25.0 Å². The Morgan fingerprint density at radius 1 is 0.936 bits per heavy atom. The molecule has 47 heavy (non-hydrogen) atoms. The number of carbonyl (C=O) groups excluding carboxylic acids is 4. The molecule has 0 unspecified atom stereocenters.